The number of halogens is 4. The third kappa shape index (κ3) is 4.68. The van der Waals surface area contributed by atoms with Gasteiger partial charge in [0.1, 0.15) is 5.75 Å². The molecule has 0 aromatic heterocycles. The lowest BCUT2D eigenvalue weighted by Crippen LogP contribution is -2.46. The van der Waals surface area contributed by atoms with Crippen LogP contribution in [0.4, 0.5) is 0 Å². The van der Waals surface area contributed by atoms with Crippen LogP contribution in [0.2, 0.25) is 5.02 Å². The molecule has 2 N–H and O–H groups in total. The predicted octanol–water partition coefficient (Wildman–Crippen LogP) is 4.79. The smallest absolute Gasteiger partial charge is 0.140 e. The third-order valence-corrected chi connectivity index (χ3v) is 5.80. The molecule has 1 atom stereocenters. The van der Waals surface area contributed by atoms with Gasteiger partial charge in [0.25, 0.3) is 0 Å². The summed E-state index contributed by atoms with van der Waals surface area (Å²) in [5.41, 5.74) is 0.983. The summed E-state index contributed by atoms with van der Waals surface area (Å²) in [7, 11) is 0. The molecule has 7 heteroatoms. The molecule has 0 unspecified atom stereocenters. The Morgan fingerprint density at radius 2 is 1.78 bits per heavy atom. The van der Waals surface area contributed by atoms with Gasteiger partial charge in [-0.25, -0.2) is 0 Å². The average molecular weight is 447 g/mol. The number of piperazine rings is 1. The number of phenols is 1. The van der Waals surface area contributed by atoms with Crippen molar-refractivity contribution < 1.29 is 5.11 Å². The molecule has 1 saturated carbocycles. The number of phenolic OH excluding ortho intramolecular Hbond substituents is 1. The van der Waals surface area contributed by atoms with Crippen LogP contribution in [0, 0.1) is 5.92 Å². The highest BCUT2D eigenvalue weighted by atomic mass is 79.9. The zero-order valence-corrected chi connectivity index (χ0v) is 16.9. The van der Waals surface area contributed by atoms with Gasteiger partial charge in [0.2, 0.25) is 0 Å². The number of hydrogen-bond donors (Lipinski definition) is 2. The zero-order chi connectivity index (χ0) is 14.8. The molecule has 1 aromatic carbocycles. The van der Waals surface area contributed by atoms with E-state index in [1.54, 1.807) is 6.07 Å². The minimum atomic E-state index is 0. The minimum Gasteiger partial charge on any atom is -0.506 e. The van der Waals surface area contributed by atoms with Gasteiger partial charge in [0.05, 0.1) is 5.02 Å². The molecule has 3 rings (SSSR count). The molecule has 1 aliphatic carbocycles. The average Bonchev–Trinajstić information content (AvgIpc) is 3.02. The van der Waals surface area contributed by atoms with Crippen molar-refractivity contribution in [1.82, 2.24) is 10.2 Å². The highest BCUT2D eigenvalue weighted by Gasteiger charge is 2.35. The monoisotopic (exact) mass is 444 g/mol. The van der Waals surface area contributed by atoms with Crippen molar-refractivity contribution in [2.24, 2.45) is 5.92 Å². The van der Waals surface area contributed by atoms with E-state index in [0.29, 0.717) is 10.9 Å². The van der Waals surface area contributed by atoms with Crippen LogP contribution in [-0.4, -0.2) is 36.2 Å². The second-order valence-electron chi connectivity index (χ2n) is 6.07. The van der Waals surface area contributed by atoms with Crippen molar-refractivity contribution in [2.75, 3.05) is 26.2 Å². The summed E-state index contributed by atoms with van der Waals surface area (Å²) in [5, 5.41) is 14.4. The quantitative estimate of drug-likeness (QED) is 0.701. The molecule has 2 fully saturated rings. The first kappa shape index (κ1) is 21.3. The molecule has 132 valence electrons. The second kappa shape index (κ2) is 9.69. The summed E-state index contributed by atoms with van der Waals surface area (Å²) < 4.78 is 0.972. The summed E-state index contributed by atoms with van der Waals surface area (Å²) in [6, 6.07) is 3.98. The van der Waals surface area contributed by atoms with E-state index in [1.807, 2.05) is 6.07 Å². The van der Waals surface area contributed by atoms with E-state index in [-0.39, 0.29) is 36.6 Å². The zero-order valence-electron chi connectivity index (χ0n) is 12.9. The van der Waals surface area contributed by atoms with Gasteiger partial charge in [-0.2, -0.15) is 0 Å². The van der Waals surface area contributed by atoms with Gasteiger partial charge in [0.15, 0.2) is 0 Å². The molecule has 3 nitrogen and oxygen atoms in total. The van der Waals surface area contributed by atoms with Crippen molar-refractivity contribution in [3.05, 3.63) is 27.2 Å². The lowest BCUT2D eigenvalue weighted by atomic mass is 9.89. The molecule has 2 aliphatic rings. The minimum absolute atomic E-state index is 0. The number of benzene rings is 1. The molecule has 0 bridgehead atoms. The topological polar surface area (TPSA) is 35.5 Å². The molecule has 0 spiro atoms. The number of nitrogens with one attached hydrogen (secondary N) is 1. The summed E-state index contributed by atoms with van der Waals surface area (Å²) in [6.07, 6.45) is 5.08. The Morgan fingerprint density at radius 1 is 1.17 bits per heavy atom. The highest BCUT2D eigenvalue weighted by Crippen LogP contribution is 2.47. The number of aromatic hydroxyl groups is 1. The van der Waals surface area contributed by atoms with Crippen molar-refractivity contribution in [2.45, 2.75) is 31.7 Å². The van der Waals surface area contributed by atoms with Crippen LogP contribution in [0.5, 0.6) is 5.75 Å². The highest BCUT2D eigenvalue weighted by molar-refractivity contribution is 9.10. The van der Waals surface area contributed by atoms with Gasteiger partial charge in [0, 0.05) is 42.3 Å². The number of hydrogen-bond acceptors (Lipinski definition) is 3. The predicted molar refractivity (Wildman–Crippen MR) is 104 cm³/mol. The first-order chi connectivity index (χ1) is 10.2. The maximum atomic E-state index is 10.5. The van der Waals surface area contributed by atoms with E-state index in [4.69, 9.17) is 11.6 Å². The molecule has 0 amide bonds. The first-order valence-corrected chi connectivity index (χ1v) is 8.97. The van der Waals surface area contributed by atoms with E-state index < -0.39 is 0 Å². The van der Waals surface area contributed by atoms with Gasteiger partial charge in [-0.3, -0.25) is 4.90 Å². The maximum absolute atomic E-state index is 10.5. The van der Waals surface area contributed by atoms with Crippen LogP contribution in [0.15, 0.2) is 16.6 Å². The Bertz CT molecular complexity index is 506. The van der Waals surface area contributed by atoms with Gasteiger partial charge in [-0.1, -0.05) is 40.4 Å². The number of rotatable bonds is 3. The summed E-state index contributed by atoms with van der Waals surface area (Å²) >= 11 is 9.81. The molecule has 23 heavy (non-hydrogen) atoms. The summed E-state index contributed by atoms with van der Waals surface area (Å²) in [6.45, 7) is 4.09. The first-order valence-electron chi connectivity index (χ1n) is 7.80. The van der Waals surface area contributed by atoms with E-state index in [1.165, 1.54) is 25.7 Å². The lowest BCUT2D eigenvalue weighted by Gasteiger charge is -2.39. The second-order valence-corrected chi connectivity index (χ2v) is 7.33. The van der Waals surface area contributed by atoms with Gasteiger partial charge < -0.3 is 10.4 Å². The maximum Gasteiger partial charge on any atom is 0.140 e. The van der Waals surface area contributed by atoms with Crippen LogP contribution in [-0.2, 0) is 0 Å². The van der Waals surface area contributed by atoms with Crippen molar-refractivity contribution in [3.8, 4) is 5.75 Å². The van der Waals surface area contributed by atoms with E-state index in [9.17, 15) is 5.11 Å². The summed E-state index contributed by atoms with van der Waals surface area (Å²) in [5.74, 6) is 0.866. The normalized spacial score (nSPS) is 20.6. The van der Waals surface area contributed by atoms with E-state index >= 15 is 0 Å². The van der Waals surface area contributed by atoms with Gasteiger partial charge >= 0.3 is 0 Å². The van der Waals surface area contributed by atoms with Crippen LogP contribution in [0.3, 0.4) is 0 Å². The molecule has 1 aromatic rings. The van der Waals surface area contributed by atoms with E-state index in [0.717, 1.165) is 36.2 Å². The van der Waals surface area contributed by atoms with Gasteiger partial charge in [-0.05, 0) is 30.9 Å². The standard InChI is InChI=1S/C16H22BrClN2O.2ClH/c17-12-5-6-13(18)16(21)14(12)15(11-3-1-2-4-11)20-9-7-19-8-10-20;;/h5-6,11,15,19,21H,1-4,7-10H2;2*1H/t15-;;/m0../s1. The Kier molecular flexibility index (Phi) is 8.99. The Labute approximate surface area is 164 Å². The Balaban J connectivity index is 0.00000132. The summed E-state index contributed by atoms with van der Waals surface area (Å²) in [4.78, 5) is 2.52. The molecular weight excluding hydrogens is 422 g/mol. The lowest BCUT2D eigenvalue weighted by molar-refractivity contribution is 0.123. The van der Waals surface area contributed by atoms with Crippen LogP contribution in [0.1, 0.15) is 37.3 Å². The van der Waals surface area contributed by atoms with Crippen LogP contribution >= 0.6 is 52.3 Å². The fourth-order valence-corrected chi connectivity index (χ4v) is 4.51. The third-order valence-electron chi connectivity index (χ3n) is 4.80. The van der Waals surface area contributed by atoms with Crippen molar-refractivity contribution >= 4 is 52.3 Å². The molecule has 0 radical (unpaired) electrons. The van der Waals surface area contributed by atoms with Crippen LogP contribution in [0.25, 0.3) is 0 Å². The SMILES string of the molecule is Cl.Cl.Oc1c(Cl)ccc(Br)c1[C@H](C1CCCC1)N1CCNCC1. The molecule has 1 saturated heterocycles. The van der Waals surface area contributed by atoms with Crippen molar-refractivity contribution in [1.29, 1.82) is 0 Å². The molecule has 1 aliphatic heterocycles. The van der Waals surface area contributed by atoms with Crippen LogP contribution < -0.4 is 5.32 Å². The van der Waals surface area contributed by atoms with Gasteiger partial charge in [-0.15, -0.1) is 24.8 Å². The Hall–Kier alpha value is 0.290. The van der Waals surface area contributed by atoms with E-state index in [2.05, 4.69) is 26.1 Å². The molecular formula is C16H24BrCl3N2O. The van der Waals surface area contributed by atoms with Crippen molar-refractivity contribution in [3.63, 3.8) is 0 Å². The largest absolute Gasteiger partial charge is 0.506 e. The molecule has 1 heterocycles. The number of nitrogens with zero attached hydrogens (tertiary/aromatic N) is 1. The fourth-order valence-electron chi connectivity index (χ4n) is 3.79. The Morgan fingerprint density at radius 3 is 2.39 bits per heavy atom. The fraction of sp³-hybridized carbons (Fsp3) is 0.625.